The van der Waals surface area contributed by atoms with Crippen LogP contribution in [-0.2, 0) is 28.6 Å². The van der Waals surface area contributed by atoms with Crippen molar-refractivity contribution in [1.82, 2.24) is 0 Å². The summed E-state index contributed by atoms with van der Waals surface area (Å²) in [5, 5.41) is 0. The van der Waals surface area contributed by atoms with Crippen LogP contribution in [0.1, 0.15) is 355 Å². The smallest absolute Gasteiger partial charge is 0.306 e. The van der Waals surface area contributed by atoms with Gasteiger partial charge in [0.1, 0.15) is 13.2 Å². The number of hydrogen-bond acceptors (Lipinski definition) is 6. The highest BCUT2D eigenvalue weighted by atomic mass is 16.6. The zero-order chi connectivity index (χ0) is 59.9. The van der Waals surface area contributed by atoms with Crippen LogP contribution in [0, 0.1) is 0 Å². The molecule has 0 saturated carbocycles. The first-order chi connectivity index (χ1) is 41.0. The molecule has 0 aromatic carbocycles. The van der Waals surface area contributed by atoms with Gasteiger partial charge in [-0.3, -0.25) is 14.4 Å². The van der Waals surface area contributed by atoms with Crippen molar-refractivity contribution >= 4 is 17.9 Å². The summed E-state index contributed by atoms with van der Waals surface area (Å²) in [4.78, 5) is 38.4. The molecule has 0 aromatic heterocycles. The highest BCUT2D eigenvalue weighted by Crippen LogP contribution is 2.18. The summed E-state index contributed by atoms with van der Waals surface area (Å²) in [6, 6.07) is 0. The first kappa shape index (κ1) is 79.3. The van der Waals surface area contributed by atoms with E-state index in [0.717, 1.165) is 109 Å². The molecule has 0 bridgehead atoms. The second-order valence-corrected chi connectivity index (χ2v) is 23.8. The lowest BCUT2D eigenvalue weighted by Crippen LogP contribution is -2.30. The summed E-state index contributed by atoms with van der Waals surface area (Å²) in [6.07, 6.45) is 95.8. The fraction of sp³-hybridized carbons (Fsp3) is 0.753. The number of carbonyl (C=O) groups excluding carboxylic acids is 3. The van der Waals surface area contributed by atoms with Crippen LogP contribution in [-0.4, -0.2) is 37.2 Å². The molecule has 0 aromatic rings. The Kier molecular flexibility index (Phi) is 67.7. The van der Waals surface area contributed by atoms with Crippen LogP contribution < -0.4 is 0 Å². The largest absolute Gasteiger partial charge is 0.462 e. The van der Waals surface area contributed by atoms with Gasteiger partial charge >= 0.3 is 17.9 Å². The number of hydrogen-bond donors (Lipinski definition) is 0. The van der Waals surface area contributed by atoms with Crippen molar-refractivity contribution in [2.24, 2.45) is 0 Å². The number of esters is 3. The monoisotopic (exact) mass is 1160 g/mol. The molecule has 0 spiro atoms. The number of allylic oxidation sites excluding steroid dienone is 16. The van der Waals surface area contributed by atoms with E-state index in [0.29, 0.717) is 19.3 Å². The predicted molar refractivity (Wildman–Crippen MR) is 362 cm³/mol. The Labute approximate surface area is 515 Å². The molecular formula is C77H134O6. The van der Waals surface area contributed by atoms with E-state index < -0.39 is 6.10 Å². The molecule has 0 amide bonds. The van der Waals surface area contributed by atoms with Crippen LogP contribution in [0.25, 0.3) is 0 Å². The summed E-state index contributed by atoms with van der Waals surface area (Å²) >= 11 is 0. The number of ether oxygens (including phenoxy) is 3. The van der Waals surface area contributed by atoms with Gasteiger partial charge in [-0.2, -0.15) is 0 Å². The quantitative estimate of drug-likeness (QED) is 0.0261. The van der Waals surface area contributed by atoms with E-state index in [9.17, 15) is 14.4 Å². The molecular weight excluding hydrogens is 1020 g/mol. The second kappa shape index (κ2) is 70.8. The number of rotatable bonds is 65. The average molecular weight is 1160 g/mol. The molecule has 0 N–H and O–H groups in total. The van der Waals surface area contributed by atoms with Gasteiger partial charge in [-0.05, 0) is 83.5 Å². The van der Waals surface area contributed by atoms with Crippen molar-refractivity contribution in [1.29, 1.82) is 0 Å². The zero-order valence-electron chi connectivity index (χ0n) is 54.9. The zero-order valence-corrected chi connectivity index (χ0v) is 54.9. The Morgan fingerprint density at radius 1 is 0.253 bits per heavy atom. The Balaban J connectivity index is 4.37. The first-order valence-corrected chi connectivity index (χ1v) is 35.7. The van der Waals surface area contributed by atoms with Crippen LogP contribution >= 0.6 is 0 Å². The molecule has 0 saturated heterocycles. The fourth-order valence-electron chi connectivity index (χ4n) is 10.3. The van der Waals surface area contributed by atoms with Crippen molar-refractivity contribution in [2.45, 2.75) is 361 Å². The maximum Gasteiger partial charge on any atom is 0.306 e. The van der Waals surface area contributed by atoms with Gasteiger partial charge in [0.25, 0.3) is 0 Å². The minimum atomic E-state index is -0.795. The fourth-order valence-corrected chi connectivity index (χ4v) is 10.3. The van der Waals surface area contributed by atoms with Crippen LogP contribution in [0.4, 0.5) is 0 Å². The van der Waals surface area contributed by atoms with Crippen molar-refractivity contribution in [2.75, 3.05) is 13.2 Å². The molecule has 0 heterocycles. The maximum atomic E-state index is 13.0. The minimum absolute atomic E-state index is 0.0868. The van der Waals surface area contributed by atoms with Crippen molar-refractivity contribution in [3.05, 3.63) is 97.2 Å². The van der Waals surface area contributed by atoms with Crippen LogP contribution in [0.3, 0.4) is 0 Å². The van der Waals surface area contributed by atoms with Crippen molar-refractivity contribution in [3.63, 3.8) is 0 Å². The van der Waals surface area contributed by atoms with E-state index >= 15 is 0 Å². The van der Waals surface area contributed by atoms with E-state index in [1.54, 1.807) is 0 Å². The molecule has 0 aliphatic rings. The van der Waals surface area contributed by atoms with Gasteiger partial charge in [0.15, 0.2) is 6.10 Å². The molecule has 83 heavy (non-hydrogen) atoms. The molecule has 0 radical (unpaired) electrons. The SMILES string of the molecule is CC/C=C\C/C=C\C/C=C\C/C=C\C/C=C\C/C=C\C/C=C\C/C=C\CCCCC(=O)OCC(COC(=O)CCCCCCCCCCCCCCCC)OC(=O)CCCCCCCCCCCCCCCCCCCCCCCCCC. The maximum absolute atomic E-state index is 13.0. The summed E-state index contributed by atoms with van der Waals surface area (Å²) in [7, 11) is 0. The lowest BCUT2D eigenvalue weighted by molar-refractivity contribution is -0.167. The molecule has 6 heteroatoms. The second-order valence-electron chi connectivity index (χ2n) is 23.8. The minimum Gasteiger partial charge on any atom is -0.462 e. The first-order valence-electron chi connectivity index (χ1n) is 35.7. The van der Waals surface area contributed by atoms with E-state index in [-0.39, 0.29) is 31.1 Å². The Morgan fingerprint density at radius 3 is 0.735 bits per heavy atom. The van der Waals surface area contributed by atoms with Crippen LogP contribution in [0.15, 0.2) is 97.2 Å². The average Bonchev–Trinajstić information content (AvgIpc) is 3.50. The third kappa shape index (κ3) is 69.0. The molecule has 0 rings (SSSR count). The van der Waals surface area contributed by atoms with Crippen LogP contribution in [0.5, 0.6) is 0 Å². The van der Waals surface area contributed by atoms with Crippen molar-refractivity contribution < 1.29 is 28.6 Å². The third-order valence-corrected chi connectivity index (χ3v) is 15.6. The van der Waals surface area contributed by atoms with E-state index in [1.807, 2.05) is 0 Å². The van der Waals surface area contributed by atoms with Gasteiger partial charge in [-0.15, -0.1) is 0 Å². The topological polar surface area (TPSA) is 78.9 Å². The molecule has 0 aliphatic carbocycles. The molecule has 0 aliphatic heterocycles. The Bertz CT molecular complexity index is 1610. The summed E-state index contributed by atoms with van der Waals surface area (Å²) in [5.74, 6) is -0.913. The Hall–Kier alpha value is -3.67. The van der Waals surface area contributed by atoms with Gasteiger partial charge in [0, 0.05) is 19.3 Å². The normalized spacial score (nSPS) is 12.7. The van der Waals surface area contributed by atoms with Gasteiger partial charge in [0.05, 0.1) is 0 Å². The van der Waals surface area contributed by atoms with E-state index in [1.165, 1.54) is 205 Å². The molecule has 0 fully saturated rings. The van der Waals surface area contributed by atoms with Gasteiger partial charge in [-0.25, -0.2) is 0 Å². The number of carbonyl (C=O) groups is 3. The molecule has 478 valence electrons. The van der Waals surface area contributed by atoms with E-state index in [4.69, 9.17) is 14.2 Å². The van der Waals surface area contributed by atoms with E-state index in [2.05, 4.69) is 118 Å². The van der Waals surface area contributed by atoms with Crippen LogP contribution in [0.2, 0.25) is 0 Å². The lowest BCUT2D eigenvalue weighted by atomic mass is 10.0. The van der Waals surface area contributed by atoms with Gasteiger partial charge < -0.3 is 14.2 Å². The number of unbranched alkanes of at least 4 members (excludes halogenated alkanes) is 38. The van der Waals surface area contributed by atoms with Gasteiger partial charge in [0.2, 0.25) is 0 Å². The third-order valence-electron chi connectivity index (χ3n) is 15.6. The Morgan fingerprint density at radius 2 is 0.470 bits per heavy atom. The lowest BCUT2D eigenvalue weighted by Gasteiger charge is -2.18. The standard InChI is InChI=1S/C77H134O6/c1-4-7-10-13-16-19-22-25-28-30-32-34-36-38-39-40-42-43-45-47-49-52-55-58-61-64-67-70-76(79)82-73-74(72-81-75(78)69-66-63-60-57-54-51-27-24-21-18-15-12-9-6-3)83-77(80)71-68-65-62-59-56-53-50-48-46-44-41-37-35-33-31-29-26-23-20-17-14-11-8-5-2/h7,10,16,19,25,28,32,34,38-39,42-43,47,49,55,58,74H,4-6,8-9,11-15,17-18,20-24,26-27,29-31,33,35-37,40-41,44-46,48,50-54,56-57,59-73H2,1-3H3/b10-7-,19-16-,28-25-,34-32-,39-38-,43-42-,49-47-,58-55-. The molecule has 6 nitrogen and oxygen atoms in total. The highest BCUT2D eigenvalue weighted by molar-refractivity contribution is 5.71. The van der Waals surface area contributed by atoms with Gasteiger partial charge in [-0.1, -0.05) is 349 Å². The molecule has 1 atom stereocenters. The molecule has 1 unspecified atom stereocenters. The highest BCUT2D eigenvalue weighted by Gasteiger charge is 2.19. The summed E-state index contributed by atoms with van der Waals surface area (Å²) in [6.45, 7) is 6.54. The summed E-state index contributed by atoms with van der Waals surface area (Å²) in [5.41, 5.74) is 0. The predicted octanol–water partition coefficient (Wildman–Crippen LogP) is 24.8. The summed E-state index contributed by atoms with van der Waals surface area (Å²) < 4.78 is 17.0. The van der Waals surface area contributed by atoms with Crippen molar-refractivity contribution in [3.8, 4) is 0 Å².